The van der Waals surface area contributed by atoms with Gasteiger partial charge in [-0.05, 0) is 31.9 Å². The predicted molar refractivity (Wildman–Crippen MR) is 82.0 cm³/mol. The lowest BCUT2D eigenvalue weighted by atomic mass is 9.87. The van der Waals surface area contributed by atoms with Gasteiger partial charge in [-0.1, -0.05) is 24.4 Å². The zero-order valence-electron chi connectivity index (χ0n) is 12.2. The lowest BCUT2D eigenvalue weighted by Gasteiger charge is -2.41. The van der Waals surface area contributed by atoms with Crippen LogP contribution in [0, 0.1) is 5.92 Å². The molecule has 2 aliphatic rings. The molecule has 0 spiro atoms. The number of rotatable bonds is 3. The van der Waals surface area contributed by atoms with Gasteiger partial charge in [-0.15, -0.1) is 0 Å². The number of hydrogen-bond acceptors (Lipinski definition) is 4. The number of oxime groups is 1. The van der Waals surface area contributed by atoms with E-state index >= 15 is 0 Å². The number of carbonyl (C=O) groups excluding carboxylic acids is 1. The molecule has 2 rings (SSSR count). The third kappa shape index (κ3) is 3.05. The number of carbonyl (C=O) groups is 1. The van der Waals surface area contributed by atoms with Gasteiger partial charge in [0, 0.05) is 19.0 Å². The lowest BCUT2D eigenvalue weighted by molar-refractivity contribution is -0.137. The first-order valence-corrected chi connectivity index (χ1v) is 8.67. The third-order valence-electron chi connectivity index (χ3n) is 4.80. The monoisotopic (exact) mass is 299 g/mol. The summed E-state index contributed by atoms with van der Waals surface area (Å²) in [6.07, 6.45) is 9.24. The van der Waals surface area contributed by atoms with E-state index in [2.05, 4.69) is 5.16 Å². The van der Waals surface area contributed by atoms with Gasteiger partial charge in [0.25, 0.3) is 0 Å². The van der Waals surface area contributed by atoms with Gasteiger partial charge < -0.3 is 15.8 Å². The molecule has 1 saturated carbocycles. The Kier molecular flexibility index (Phi) is 5.18. The van der Waals surface area contributed by atoms with Crippen LogP contribution in [-0.4, -0.2) is 45.9 Å². The minimum atomic E-state index is -0.307. The van der Waals surface area contributed by atoms with Gasteiger partial charge in [0.1, 0.15) is 0 Å². The molecule has 0 aromatic rings. The summed E-state index contributed by atoms with van der Waals surface area (Å²) in [6, 6.07) is 0. The van der Waals surface area contributed by atoms with Gasteiger partial charge in [0.05, 0.1) is 4.75 Å². The van der Waals surface area contributed by atoms with Crippen LogP contribution in [0.3, 0.4) is 0 Å². The highest BCUT2D eigenvalue weighted by Crippen LogP contribution is 2.36. The summed E-state index contributed by atoms with van der Waals surface area (Å²) >= 11 is 1.62. The van der Waals surface area contributed by atoms with Crippen molar-refractivity contribution in [3.05, 3.63) is 0 Å². The van der Waals surface area contributed by atoms with E-state index in [4.69, 9.17) is 10.9 Å². The number of piperidine rings is 1. The number of nitrogens with two attached hydrogens (primary N) is 1. The predicted octanol–water partition coefficient (Wildman–Crippen LogP) is 2.04. The molecule has 20 heavy (non-hydrogen) atoms. The Balaban J connectivity index is 1.94. The highest BCUT2D eigenvalue weighted by molar-refractivity contribution is 8.00. The van der Waals surface area contributed by atoms with Crippen molar-refractivity contribution in [3.63, 3.8) is 0 Å². The van der Waals surface area contributed by atoms with E-state index in [1.807, 2.05) is 11.2 Å². The van der Waals surface area contributed by atoms with Crippen LogP contribution >= 0.6 is 11.8 Å². The molecule has 2 fully saturated rings. The summed E-state index contributed by atoms with van der Waals surface area (Å²) in [5.41, 5.74) is 5.83. The highest BCUT2D eigenvalue weighted by Gasteiger charge is 2.40. The Labute approximate surface area is 124 Å². The number of amides is 1. The minimum Gasteiger partial charge on any atom is -0.409 e. The van der Waals surface area contributed by atoms with Crippen LogP contribution in [0.25, 0.3) is 0 Å². The second-order valence-corrected chi connectivity index (χ2v) is 7.03. The van der Waals surface area contributed by atoms with Crippen LogP contribution < -0.4 is 5.73 Å². The lowest BCUT2D eigenvalue weighted by Crippen LogP contribution is -2.52. The van der Waals surface area contributed by atoms with Crippen molar-refractivity contribution in [1.29, 1.82) is 0 Å². The molecule has 6 heteroatoms. The Morgan fingerprint density at radius 1 is 1.30 bits per heavy atom. The molecule has 1 aliphatic carbocycles. The summed E-state index contributed by atoms with van der Waals surface area (Å²) in [5.74, 6) is 0.836. The maximum absolute atomic E-state index is 12.5. The van der Waals surface area contributed by atoms with E-state index in [-0.39, 0.29) is 16.5 Å². The van der Waals surface area contributed by atoms with Gasteiger partial charge in [-0.2, -0.15) is 11.8 Å². The van der Waals surface area contributed by atoms with Crippen molar-refractivity contribution in [1.82, 2.24) is 4.90 Å². The van der Waals surface area contributed by atoms with Crippen LogP contribution in [0.2, 0.25) is 0 Å². The summed E-state index contributed by atoms with van der Waals surface area (Å²) in [7, 11) is 0. The van der Waals surface area contributed by atoms with Crippen molar-refractivity contribution in [2.24, 2.45) is 16.8 Å². The molecule has 1 heterocycles. The van der Waals surface area contributed by atoms with Crippen LogP contribution in [0.1, 0.15) is 44.9 Å². The topological polar surface area (TPSA) is 78.9 Å². The van der Waals surface area contributed by atoms with Crippen molar-refractivity contribution in [2.75, 3.05) is 19.3 Å². The molecule has 1 saturated heterocycles. The highest BCUT2D eigenvalue weighted by atomic mass is 32.2. The fraction of sp³-hybridized carbons (Fsp3) is 0.857. The Hall–Kier alpha value is -0.910. The molecule has 5 nitrogen and oxygen atoms in total. The average molecular weight is 299 g/mol. The summed E-state index contributed by atoms with van der Waals surface area (Å²) in [4.78, 5) is 14.5. The first-order chi connectivity index (χ1) is 9.63. The normalized spacial score (nSPS) is 24.6. The van der Waals surface area contributed by atoms with Crippen LogP contribution in [-0.2, 0) is 4.79 Å². The first kappa shape index (κ1) is 15.5. The van der Waals surface area contributed by atoms with Gasteiger partial charge in [0.2, 0.25) is 5.91 Å². The van der Waals surface area contributed by atoms with Crippen LogP contribution in [0.5, 0.6) is 0 Å². The molecular formula is C14H25N3O2S. The van der Waals surface area contributed by atoms with E-state index in [1.54, 1.807) is 11.8 Å². The van der Waals surface area contributed by atoms with Crippen molar-refractivity contribution < 1.29 is 10.0 Å². The van der Waals surface area contributed by atoms with E-state index < -0.39 is 0 Å². The number of thioether (sulfide) groups is 1. The van der Waals surface area contributed by atoms with Gasteiger partial charge in [-0.25, -0.2) is 0 Å². The molecule has 3 N–H and O–H groups in total. The third-order valence-corrected chi connectivity index (χ3v) is 6.20. The number of nitrogens with zero attached hydrogens (tertiary/aromatic N) is 2. The van der Waals surface area contributed by atoms with Crippen LogP contribution in [0.4, 0.5) is 0 Å². The quantitative estimate of drug-likeness (QED) is 0.362. The second-order valence-electron chi connectivity index (χ2n) is 5.84. The molecule has 0 radical (unpaired) electrons. The summed E-state index contributed by atoms with van der Waals surface area (Å²) < 4.78 is -0.307. The molecule has 0 bridgehead atoms. The summed E-state index contributed by atoms with van der Waals surface area (Å²) in [6.45, 7) is 1.43. The number of amidine groups is 1. The molecular weight excluding hydrogens is 274 g/mol. The average Bonchev–Trinajstić information content (AvgIpc) is 2.54. The Morgan fingerprint density at radius 3 is 2.40 bits per heavy atom. The Bertz CT molecular complexity index is 373. The van der Waals surface area contributed by atoms with Crippen molar-refractivity contribution in [3.8, 4) is 0 Å². The molecule has 0 aromatic heterocycles. The number of hydrogen-bond donors (Lipinski definition) is 2. The fourth-order valence-electron chi connectivity index (χ4n) is 3.35. The Morgan fingerprint density at radius 2 is 1.90 bits per heavy atom. The zero-order valence-corrected chi connectivity index (χ0v) is 13.0. The van der Waals surface area contributed by atoms with E-state index in [1.165, 1.54) is 19.3 Å². The van der Waals surface area contributed by atoms with Gasteiger partial charge in [0.15, 0.2) is 5.84 Å². The molecule has 1 aliphatic heterocycles. The minimum absolute atomic E-state index is 0.231. The largest absolute Gasteiger partial charge is 0.409 e. The molecule has 0 aromatic carbocycles. The maximum Gasteiger partial charge on any atom is 0.225 e. The fourth-order valence-corrected chi connectivity index (χ4v) is 4.19. The van der Waals surface area contributed by atoms with Crippen molar-refractivity contribution in [2.45, 2.75) is 49.7 Å². The molecule has 0 atom stereocenters. The number of likely N-dealkylation sites (tertiary alicyclic amines) is 1. The van der Waals surface area contributed by atoms with E-state index in [0.29, 0.717) is 19.0 Å². The van der Waals surface area contributed by atoms with E-state index in [9.17, 15) is 4.79 Å². The van der Waals surface area contributed by atoms with Gasteiger partial charge >= 0.3 is 0 Å². The molecule has 1 amide bonds. The molecule has 0 unspecified atom stereocenters. The maximum atomic E-state index is 12.5. The SMILES string of the molecule is CSC1(C(N)=NO)CCN(C(=O)C2CCCCC2)CC1. The second kappa shape index (κ2) is 6.70. The smallest absolute Gasteiger partial charge is 0.225 e. The first-order valence-electron chi connectivity index (χ1n) is 7.45. The standard InChI is InChI=1S/C14H25N3O2S/c1-20-14(13(15)16-19)7-9-17(10-8-14)12(18)11-5-3-2-4-6-11/h11,19H,2-10H2,1H3,(H2,15,16). The van der Waals surface area contributed by atoms with Gasteiger partial charge in [-0.3, -0.25) is 4.79 Å². The van der Waals surface area contributed by atoms with E-state index in [0.717, 1.165) is 25.7 Å². The molecule has 114 valence electrons. The summed E-state index contributed by atoms with van der Waals surface area (Å²) in [5, 5.41) is 12.1. The zero-order chi connectivity index (χ0) is 14.6. The van der Waals surface area contributed by atoms with Crippen molar-refractivity contribution >= 4 is 23.5 Å². The van der Waals surface area contributed by atoms with Crippen LogP contribution in [0.15, 0.2) is 5.16 Å².